The number of ether oxygens (including phenoxy) is 4. The topological polar surface area (TPSA) is 112 Å². The van der Waals surface area contributed by atoms with Crippen molar-refractivity contribution in [3.05, 3.63) is 11.6 Å². The van der Waals surface area contributed by atoms with Gasteiger partial charge in [0.1, 0.15) is 19.0 Å². The summed E-state index contributed by atoms with van der Waals surface area (Å²) in [6, 6.07) is 0. The molecule has 8 heteroatoms. The summed E-state index contributed by atoms with van der Waals surface area (Å²) in [5.41, 5.74) is -0.521. The lowest BCUT2D eigenvalue weighted by Crippen LogP contribution is -2.63. The van der Waals surface area contributed by atoms with Crippen molar-refractivity contribution in [1.29, 1.82) is 0 Å². The van der Waals surface area contributed by atoms with Crippen LogP contribution >= 0.6 is 0 Å². The highest BCUT2D eigenvalue weighted by molar-refractivity contribution is 5.85. The van der Waals surface area contributed by atoms with E-state index in [0.717, 1.165) is 63.4 Å². The van der Waals surface area contributed by atoms with Gasteiger partial charge in [0, 0.05) is 30.4 Å². The van der Waals surface area contributed by atoms with Crippen LogP contribution in [0.25, 0.3) is 0 Å². The van der Waals surface area contributed by atoms with E-state index in [0.29, 0.717) is 13.0 Å². The van der Waals surface area contributed by atoms with Crippen LogP contribution in [0.4, 0.5) is 0 Å². The predicted octanol–water partition coefficient (Wildman–Crippen LogP) is 3.32. The molecule has 4 unspecified atom stereocenters. The van der Waals surface area contributed by atoms with Gasteiger partial charge in [-0.05, 0) is 94.0 Å². The Morgan fingerprint density at radius 2 is 1.89 bits per heavy atom. The first-order valence-corrected chi connectivity index (χ1v) is 14.7. The molecule has 0 bridgehead atoms. The second-order valence-electron chi connectivity index (χ2n) is 13.3. The molecule has 0 spiro atoms. The van der Waals surface area contributed by atoms with Crippen LogP contribution in [0.15, 0.2) is 11.6 Å². The Morgan fingerprint density at radius 1 is 1.08 bits per heavy atom. The van der Waals surface area contributed by atoms with Crippen LogP contribution in [0.1, 0.15) is 78.1 Å². The summed E-state index contributed by atoms with van der Waals surface area (Å²) in [5.74, 6) is 0.384. The normalized spacial score (nSPS) is 52.4. The number of rotatable bonds is 5. The minimum Gasteiger partial charge on any atom is -0.458 e. The van der Waals surface area contributed by atoms with Crippen LogP contribution in [0.5, 0.6) is 0 Å². The van der Waals surface area contributed by atoms with E-state index in [9.17, 15) is 19.8 Å². The van der Waals surface area contributed by atoms with Crippen LogP contribution in [0.3, 0.4) is 0 Å². The van der Waals surface area contributed by atoms with Crippen molar-refractivity contribution in [1.82, 2.24) is 0 Å². The number of hydrogen-bond donors (Lipinski definition) is 2. The lowest BCUT2D eigenvalue weighted by atomic mass is 9.43. The molecule has 6 rings (SSSR count). The number of aliphatic hydroxyl groups is 2. The summed E-state index contributed by atoms with van der Waals surface area (Å²) < 4.78 is 23.1. The fourth-order valence-corrected chi connectivity index (χ4v) is 9.96. The van der Waals surface area contributed by atoms with Crippen molar-refractivity contribution in [3.8, 4) is 0 Å². The highest BCUT2D eigenvalue weighted by atomic mass is 16.7. The van der Waals surface area contributed by atoms with E-state index in [2.05, 4.69) is 6.92 Å². The molecule has 8 nitrogen and oxygen atoms in total. The molecule has 2 aliphatic heterocycles. The quantitative estimate of drug-likeness (QED) is 0.315. The van der Waals surface area contributed by atoms with Gasteiger partial charge in [0.2, 0.25) is 0 Å². The zero-order valence-corrected chi connectivity index (χ0v) is 23.0. The average Bonchev–Trinajstić information content (AvgIpc) is 3.45. The summed E-state index contributed by atoms with van der Waals surface area (Å²) in [4.78, 5) is 24.8. The lowest BCUT2D eigenvalue weighted by Gasteiger charge is -2.63. The third-order valence-electron chi connectivity index (χ3n) is 12.0. The molecular weight excluding hydrogens is 488 g/mol. The first-order valence-electron chi connectivity index (χ1n) is 14.7. The van der Waals surface area contributed by atoms with Crippen LogP contribution in [-0.2, 0) is 28.5 Å². The maximum Gasteiger partial charge on any atom is 0.331 e. The Hall–Kier alpha value is -1.32. The first kappa shape index (κ1) is 26.9. The summed E-state index contributed by atoms with van der Waals surface area (Å²) in [6.07, 6.45) is 9.21. The number of methoxy groups -OCH3 is 1. The van der Waals surface area contributed by atoms with Gasteiger partial charge in [-0.3, -0.25) is 0 Å². The van der Waals surface area contributed by atoms with Gasteiger partial charge in [0.05, 0.1) is 23.9 Å². The molecule has 0 aromatic rings. The van der Waals surface area contributed by atoms with Crippen molar-refractivity contribution in [2.24, 2.45) is 34.5 Å². The van der Waals surface area contributed by atoms with E-state index in [1.165, 1.54) is 6.29 Å². The fourth-order valence-electron chi connectivity index (χ4n) is 9.96. The maximum absolute atomic E-state index is 13.0. The molecular formula is C30H44O8. The predicted molar refractivity (Wildman–Crippen MR) is 137 cm³/mol. The summed E-state index contributed by atoms with van der Waals surface area (Å²) in [6.45, 7) is 4.40. The van der Waals surface area contributed by atoms with Crippen molar-refractivity contribution < 1.29 is 38.7 Å². The number of aliphatic hydroxyl groups excluding tert-OH is 1. The summed E-state index contributed by atoms with van der Waals surface area (Å²) >= 11 is 0. The molecule has 0 amide bonds. The molecule has 5 fully saturated rings. The van der Waals surface area contributed by atoms with Crippen LogP contribution < -0.4 is 0 Å². The first-order chi connectivity index (χ1) is 18.1. The van der Waals surface area contributed by atoms with E-state index in [-0.39, 0.29) is 53.4 Å². The van der Waals surface area contributed by atoms with Crippen LogP contribution in [0.2, 0.25) is 0 Å². The van der Waals surface area contributed by atoms with Crippen molar-refractivity contribution >= 4 is 12.3 Å². The second kappa shape index (κ2) is 9.65. The van der Waals surface area contributed by atoms with Gasteiger partial charge in [-0.1, -0.05) is 6.92 Å². The van der Waals surface area contributed by atoms with E-state index < -0.39 is 23.4 Å². The minimum atomic E-state index is -0.830. The highest BCUT2D eigenvalue weighted by Gasteiger charge is 2.68. The number of carbonyl (C=O) groups excluding carboxylic acids is 2. The Labute approximate surface area is 225 Å². The van der Waals surface area contributed by atoms with Crippen LogP contribution in [-0.4, -0.2) is 72.5 Å². The van der Waals surface area contributed by atoms with Gasteiger partial charge in [-0.25, -0.2) is 4.79 Å². The maximum atomic E-state index is 13.0. The van der Waals surface area contributed by atoms with Crippen molar-refractivity contribution in [3.63, 3.8) is 0 Å². The molecule has 0 radical (unpaired) electrons. The fraction of sp³-hybridized carbons (Fsp3) is 0.867. The van der Waals surface area contributed by atoms with Gasteiger partial charge < -0.3 is 34.0 Å². The van der Waals surface area contributed by atoms with Gasteiger partial charge >= 0.3 is 5.97 Å². The molecule has 12 atom stereocenters. The molecule has 0 aromatic heterocycles. The number of esters is 1. The average molecular weight is 533 g/mol. The molecule has 0 aromatic carbocycles. The number of fused-ring (bicyclic) bond motifs is 5. The number of cyclic esters (lactones) is 1. The largest absolute Gasteiger partial charge is 0.458 e. The van der Waals surface area contributed by atoms with E-state index in [1.807, 2.05) is 6.92 Å². The highest BCUT2D eigenvalue weighted by Crippen LogP contribution is 2.69. The molecule has 4 aliphatic carbocycles. The molecule has 212 valence electrons. The number of aldehydes is 1. The van der Waals surface area contributed by atoms with E-state index in [1.54, 1.807) is 13.2 Å². The lowest BCUT2D eigenvalue weighted by molar-refractivity contribution is -0.272. The number of hydrogen-bond acceptors (Lipinski definition) is 8. The van der Waals surface area contributed by atoms with Gasteiger partial charge in [-0.2, -0.15) is 0 Å². The second-order valence-corrected chi connectivity index (χ2v) is 13.3. The van der Waals surface area contributed by atoms with Crippen molar-refractivity contribution in [2.45, 2.75) is 114 Å². The third kappa shape index (κ3) is 3.88. The molecule has 2 heterocycles. The monoisotopic (exact) mass is 532 g/mol. The molecule has 6 aliphatic rings. The Morgan fingerprint density at radius 3 is 2.61 bits per heavy atom. The smallest absolute Gasteiger partial charge is 0.331 e. The zero-order chi connectivity index (χ0) is 26.9. The number of carbonyl (C=O) groups is 2. The third-order valence-corrected chi connectivity index (χ3v) is 12.0. The Kier molecular flexibility index (Phi) is 6.83. The van der Waals surface area contributed by atoms with Crippen molar-refractivity contribution in [2.75, 3.05) is 13.7 Å². The van der Waals surface area contributed by atoms with E-state index >= 15 is 0 Å². The molecule has 38 heavy (non-hydrogen) atoms. The SMILES string of the molecule is COC1C[C@H](O[C@@H]2CC[C@]3(C=O)C4CC[C@]5(C)[C@@H](C6=CC(=O)OC6)CC[C@]5(O)C4CC[C@@H]3C2)OC(C)[C@H]1O. The van der Waals surface area contributed by atoms with Gasteiger partial charge in [0.15, 0.2) is 6.29 Å². The van der Waals surface area contributed by atoms with Crippen LogP contribution in [0, 0.1) is 34.5 Å². The molecule has 1 saturated heterocycles. The zero-order valence-electron chi connectivity index (χ0n) is 23.0. The Balaban J connectivity index is 1.18. The standard InChI is InChI=1S/C30H44O8/c1-17-27(33)24(35-3)14-26(37-17)38-20-6-10-29(16-31)19(13-20)4-5-23-22(29)7-9-28(2)21(8-11-30(23,28)34)18-12-25(32)36-15-18/h12,16-17,19-24,26-27,33-34H,4-11,13-15H2,1-3H3/t17?,19-,20-,21-,22?,23?,24?,26+,27-,28-,29-,30+/m1/s1. The van der Waals surface area contributed by atoms with Gasteiger partial charge in [-0.15, -0.1) is 0 Å². The Bertz CT molecular complexity index is 981. The summed E-state index contributed by atoms with van der Waals surface area (Å²) in [5, 5.41) is 22.7. The molecule has 4 saturated carbocycles. The molecule has 2 N–H and O–H groups in total. The summed E-state index contributed by atoms with van der Waals surface area (Å²) in [7, 11) is 1.61. The van der Waals surface area contributed by atoms with E-state index in [4.69, 9.17) is 18.9 Å². The minimum absolute atomic E-state index is 0.00854. The van der Waals surface area contributed by atoms with Gasteiger partial charge in [0.25, 0.3) is 0 Å².